The van der Waals surface area contributed by atoms with Crippen molar-refractivity contribution in [1.29, 1.82) is 0 Å². The normalized spacial score (nSPS) is 12.7. The molecule has 0 aliphatic heterocycles. The fourth-order valence-electron chi connectivity index (χ4n) is 1.84. The van der Waals surface area contributed by atoms with Gasteiger partial charge in [0.25, 0.3) is 0 Å². The molecule has 2 aromatic rings. The highest BCUT2D eigenvalue weighted by atomic mass is 16.5. The van der Waals surface area contributed by atoms with Crippen molar-refractivity contribution in [3.63, 3.8) is 0 Å². The van der Waals surface area contributed by atoms with Crippen molar-refractivity contribution in [2.24, 2.45) is 0 Å². The van der Waals surface area contributed by atoms with Gasteiger partial charge in [0.15, 0.2) is 0 Å². The molecule has 1 unspecified atom stereocenters. The summed E-state index contributed by atoms with van der Waals surface area (Å²) in [5.41, 5.74) is 0.936. The van der Waals surface area contributed by atoms with Crippen LogP contribution in [-0.2, 0) is 0 Å². The Kier molecular flexibility index (Phi) is 2.60. The average molecular weight is 202 g/mol. The summed E-state index contributed by atoms with van der Waals surface area (Å²) >= 11 is 0. The molecule has 0 saturated heterocycles. The molecule has 2 aromatic carbocycles. The van der Waals surface area contributed by atoms with Gasteiger partial charge in [0.05, 0.1) is 13.2 Å². The SMILES string of the molecule is COc1ccc(C(C)O)c2ccccc12. The Bertz CT molecular complexity index is 475. The second-order valence-corrected chi connectivity index (χ2v) is 3.58. The molecular formula is C13H14O2. The molecule has 1 atom stereocenters. The van der Waals surface area contributed by atoms with Crippen molar-refractivity contribution < 1.29 is 9.84 Å². The first-order valence-corrected chi connectivity index (χ1v) is 4.97. The van der Waals surface area contributed by atoms with Crippen LogP contribution in [0.1, 0.15) is 18.6 Å². The minimum Gasteiger partial charge on any atom is -0.496 e. The van der Waals surface area contributed by atoms with Crippen LogP contribution >= 0.6 is 0 Å². The smallest absolute Gasteiger partial charge is 0.126 e. The fourth-order valence-corrected chi connectivity index (χ4v) is 1.84. The Balaban J connectivity index is 2.77. The number of fused-ring (bicyclic) bond motifs is 1. The molecular weight excluding hydrogens is 188 g/mol. The number of hydrogen-bond acceptors (Lipinski definition) is 2. The third-order valence-electron chi connectivity index (χ3n) is 2.59. The Morgan fingerprint density at radius 3 is 2.33 bits per heavy atom. The van der Waals surface area contributed by atoms with Gasteiger partial charge in [-0.25, -0.2) is 0 Å². The predicted molar refractivity (Wildman–Crippen MR) is 61.1 cm³/mol. The van der Waals surface area contributed by atoms with Gasteiger partial charge in [0.2, 0.25) is 0 Å². The summed E-state index contributed by atoms with van der Waals surface area (Å²) in [5.74, 6) is 0.843. The lowest BCUT2D eigenvalue weighted by atomic mass is 10.0. The van der Waals surface area contributed by atoms with Crippen LogP contribution in [0.5, 0.6) is 5.75 Å². The molecule has 2 rings (SSSR count). The van der Waals surface area contributed by atoms with E-state index >= 15 is 0 Å². The molecule has 78 valence electrons. The second kappa shape index (κ2) is 3.91. The van der Waals surface area contributed by atoms with Crippen molar-refractivity contribution in [3.05, 3.63) is 42.0 Å². The van der Waals surface area contributed by atoms with Gasteiger partial charge in [-0.15, -0.1) is 0 Å². The highest BCUT2D eigenvalue weighted by Crippen LogP contribution is 2.31. The summed E-state index contributed by atoms with van der Waals surface area (Å²) in [6, 6.07) is 11.7. The van der Waals surface area contributed by atoms with Crippen molar-refractivity contribution in [2.45, 2.75) is 13.0 Å². The van der Waals surface area contributed by atoms with Crippen LogP contribution in [0.25, 0.3) is 10.8 Å². The minimum atomic E-state index is -0.458. The van der Waals surface area contributed by atoms with Crippen molar-refractivity contribution in [3.8, 4) is 5.75 Å². The van der Waals surface area contributed by atoms with Gasteiger partial charge in [0, 0.05) is 5.39 Å². The van der Waals surface area contributed by atoms with Crippen LogP contribution in [-0.4, -0.2) is 12.2 Å². The Hall–Kier alpha value is -1.54. The summed E-state index contributed by atoms with van der Waals surface area (Å²) in [6.07, 6.45) is -0.458. The maximum Gasteiger partial charge on any atom is 0.126 e. The Morgan fingerprint density at radius 1 is 1.07 bits per heavy atom. The Labute approximate surface area is 89.1 Å². The molecule has 15 heavy (non-hydrogen) atoms. The number of methoxy groups -OCH3 is 1. The quantitative estimate of drug-likeness (QED) is 0.811. The van der Waals surface area contributed by atoms with E-state index in [0.29, 0.717) is 0 Å². The number of ether oxygens (including phenoxy) is 1. The Morgan fingerprint density at radius 2 is 1.73 bits per heavy atom. The van der Waals surface area contributed by atoms with E-state index in [-0.39, 0.29) is 0 Å². The topological polar surface area (TPSA) is 29.5 Å². The first kappa shape index (κ1) is 9.99. The van der Waals surface area contributed by atoms with Gasteiger partial charge in [-0.05, 0) is 23.9 Å². The van der Waals surface area contributed by atoms with Crippen LogP contribution in [0.4, 0.5) is 0 Å². The maximum atomic E-state index is 9.64. The summed E-state index contributed by atoms with van der Waals surface area (Å²) in [4.78, 5) is 0. The van der Waals surface area contributed by atoms with Gasteiger partial charge in [-0.3, -0.25) is 0 Å². The van der Waals surface area contributed by atoms with Gasteiger partial charge in [-0.2, -0.15) is 0 Å². The first-order valence-electron chi connectivity index (χ1n) is 4.97. The molecule has 0 aliphatic rings. The van der Waals surface area contributed by atoms with Gasteiger partial charge in [0.1, 0.15) is 5.75 Å². The van der Waals surface area contributed by atoms with E-state index in [1.165, 1.54) is 0 Å². The van der Waals surface area contributed by atoms with Gasteiger partial charge < -0.3 is 9.84 Å². The summed E-state index contributed by atoms with van der Waals surface area (Å²) in [6.45, 7) is 1.77. The molecule has 0 aromatic heterocycles. The second-order valence-electron chi connectivity index (χ2n) is 3.58. The van der Waals surface area contributed by atoms with Gasteiger partial charge >= 0.3 is 0 Å². The van der Waals surface area contributed by atoms with Crippen LogP contribution in [0.3, 0.4) is 0 Å². The zero-order valence-corrected chi connectivity index (χ0v) is 8.90. The summed E-state index contributed by atoms with van der Waals surface area (Å²) < 4.78 is 5.28. The molecule has 0 spiro atoms. The number of benzene rings is 2. The van der Waals surface area contributed by atoms with Crippen molar-refractivity contribution in [2.75, 3.05) is 7.11 Å². The van der Waals surface area contributed by atoms with E-state index in [2.05, 4.69) is 0 Å². The van der Waals surface area contributed by atoms with E-state index < -0.39 is 6.10 Å². The molecule has 0 radical (unpaired) electrons. The number of hydrogen-bond donors (Lipinski definition) is 1. The standard InChI is InChI=1S/C13H14O2/c1-9(14)10-7-8-13(15-2)12-6-4-3-5-11(10)12/h3-9,14H,1-2H3. The highest BCUT2D eigenvalue weighted by molar-refractivity contribution is 5.91. The number of aliphatic hydroxyl groups is 1. The number of aliphatic hydroxyl groups excluding tert-OH is 1. The molecule has 0 bridgehead atoms. The van der Waals surface area contributed by atoms with Crippen LogP contribution in [0.15, 0.2) is 36.4 Å². The molecule has 0 fully saturated rings. The molecule has 2 nitrogen and oxygen atoms in total. The zero-order chi connectivity index (χ0) is 10.8. The van der Waals surface area contributed by atoms with E-state index in [1.807, 2.05) is 36.4 Å². The zero-order valence-electron chi connectivity index (χ0n) is 8.90. The van der Waals surface area contributed by atoms with E-state index in [0.717, 1.165) is 22.1 Å². The monoisotopic (exact) mass is 202 g/mol. The lowest BCUT2D eigenvalue weighted by Gasteiger charge is -2.11. The molecule has 0 amide bonds. The largest absolute Gasteiger partial charge is 0.496 e. The molecule has 0 saturated carbocycles. The van der Waals surface area contributed by atoms with Crippen LogP contribution in [0, 0.1) is 0 Å². The van der Waals surface area contributed by atoms with Crippen molar-refractivity contribution >= 4 is 10.8 Å². The van der Waals surface area contributed by atoms with Crippen LogP contribution in [0.2, 0.25) is 0 Å². The minimum absolute atomic E-state index is 0.458. The van der Waals surface area contributed by atoms with E-state index in [9.17, 15) is 5.11 Å². The fraction of sp³-hybridized carbons (Fsp3) is 0.231. The lowest BCUT2D eigenvalue weighted by Crippen LogP contribution is -1.94. The third-order valence-corrected chi connectivity index (χ3v) is 2.59. The van der Waals surface area contributed by atoms with E-state index in [1.54, 1.807) is 14.0 Å². The lowest BCUT2D eigenvalue weighted by molar-refractivity contribution is 0.201. The highest BCUT2D eigenvalue weighted by Gasteiger charge is 2.08. The van der Waals surface area contributed by atoms with Gasteiger partial charge in [-0.1, -0.05) is 30.3 Å². The van der Waals surface area contributed by atoms with Crippen molar-refractivity contribution in [1.82, 2.24) is 0 Å². The predicted octanol–water partition coefficient (Wildman–Crippen LogP) is 2.90. The molecule has 0 aliphatic carbocycles. The molecule has 2 heteroatoms. The first-order chi connectivity index (χ1) is 7.24. The maximum absolute atomic E-state index is 9.64. The molecule has 1 N–H and O–H groups in total. The van der Waals surface area contributed by atoms with Crippen LogP contribution < -0.4 is 4.74 Å². The average Bonchev–Trinajstić information content (AvgIpc) is 2.27. The number of rotatable bonds is 2. The van der Waals surface area contributed by atoms with E-state index in [4.69, 9.17) is 4.74 Å². The summed E-state index contributed by atoms with van der Waals surface area (Å²) in [5, 5.41) is 11.7. The third kappa shape index (κ3) is 1.68. The molecule has 0 heterocycles. The summed E-state index contributed by atoms with van der Waals surface area (Å²) in [7, 11) is 1.66.